The number of methoxy groups -OCH3 is 1. The van der Waals surface area contributed by atoms with Crippen LogP contribution in [0.25, 0.3) is 0 Å². The molecule has 3 rings (SSSR count). The highest BCUT2D eigenvalue weighted by molar-refractivity contribution is 7.99. The molecular formula is C23H21Cl3N2O6S. The lowest BCUT2D eigenvalue weighted by Gasteiger charge is -2.24. The minimum atomic E-state index is -0.976. The fourth-order valence-corrected chi connectivity index (χ4v) is 5.48. The monoisotopic (exact) mass is 558 g/mol. The molecule has 1 heterocycles. The van der Waals surface area contributed by atoms with Crippen LogP contribution in [0.2, 0.25) is 15.1 Å². The largest absolute Gasteiger partial charge is 0.467 e. The summed E-state index contributed by atoms with van der Waals surface area (Å²) in [6.45, 7) is 1.39. The summed E-state index contributed by atoms with van der Waals surface area (Å²) in [5, 5.41) is 3.16. The summed E-state index contributed by atoms with van der Waals surface area (Å²) in [5.74, 6) is -1.12. The number of amides is 2. The summed E-state index contributed by atoms with van der Waals surface area (Å²) in [6, 6.07) is 7.44. The van der Waals surface area contributed by atoms with Crippen molar-refractivity contribution in [2.45, 2.75) is 25.4 Å². The third-order valence-electron chi connectivity index (χ3n) is 5.18. The predicted octanol–water partition coefficient (Wildman–Crippen LogP) is 3.99. The number of carbonyl (C=O) groups excluding carboxylic acids is 4. The van der Waals surface area contributed by atoms with Gasteiger partial charge in [-0.2, -0.15) is 0 Å². The smallest absolute Gasteiger partial charge is 0.343 e. The van der Waals surface area contributed by atoms with Gasteiger partial charge < -0.3 is 19.7 Å². The van der Waals surface area contributed by atoms with Crippen molar-refractivity contribution in [2.24, 2.45) is 0 Å². The van der Waals surface area contributed by atoms with Gasteiger partial charge in [0.25, 0.3) is 0 Å². The highest BCUT2D eigenvalue weighted by Crippen LogP contribution is 2.36. The topological polar surface area (TPSA) is 102 Å². The van der Waals surface area contributed by atoms with Crippen molar-refractivity contribution in [3.05, 3.63) is 62.6 Å². The second-order valence-electron chi connectivity index (χ2n) is 7.58. The number of rotatable bonds is 7. The molecule has 1 saturated heterocycles. The van der Waals surface area contributed by atoms with Gasteiger partial charge in [0.1, 0.15) is 12.1 Å². The van der Waals surface area contributed by atoms with Crippen LogP contribution in [0, 0.1) is 0 Å². The lowest BCUT2D eigenvalue weighted by molar-refractivity contribution is -0.146. The number of hydrogen-bond acceptors (Lipinski definition) is 7. The normalized spacial score (nSPS) is 15.9. The SMILES string of the molecule is COC(=O)[C@H](Cc1ccc(C(=O)Oc2c(Cl)cc(Cl)cc2Cl)cc1)NC(=O)C1CSCN1C(C)=O. The lowest BCUT2D eigenvalue weighted by atomic mass is 10.0. The Kier molecular flexibility index (Phi) is 9.29. The summed E-state index contributed by atoms with van der Waals surface area (Å²) in [4.78, 5) is 50.8. The van der Waals surface area contributed by atoms with Gasteiger partial charge in [-0.25, -0.2) is 9.59 Å². The van der Waals surface area contributed by atoms with E-state index in [-0.39, 0.29) is 33.7 Å². The number of carbonyl (C=O) groups is 4. The number of thioether (sulfide) groups is 1. The second kappa shape index (κ2) is 12.0. The van der Waals surface area contributed by atoms with Crippen molar-refractivity contribution in [3.8, 4) is 5.75 Å². The average Bonchev–Trinajstić information content (AvgIpc) is 3.31. The number of benzene rings is 2. The van der Waals surface area contributed by atoms with E-state index in [2.05, 4.69) is 5.32 Å². The van der Waals surface area contributed by atoms with Gasteiger partial charge in [-0.1, -0.05) is 46.9 Å². The van der Waals surface area contributed by atoms with Crippen LogP contribution in [0.3, 0.4) is 0 Å². The molecule has 2 amide bonds. The molecule has 0 saturated carbocycles. The van der Waals surface area contributed by atoms with Crippen LogP contribution >= 0.6 is 46.6 Å². The summed E-state index contributed by atoms with van der Waals surface area (Å²) in [5.41, 5.74) is 0.874. The molecule has 0 aliphatic carbocycles. The number of esters is 2. The first kappa shape index (κ1) is 27.1. The minimum Gasteiger partial charge on any atom is -0.467 e. The first-order valence-electron chi connectivity index (χ1n) is 10.3. The maximum Gasteiger partial charge on any atom is 0.343 e. The lowest BCUT2D eigenvalue weighted by Crippen LogP contribution is -2.52. The fourth-order valence-electron chi connectivity index (χ4n) is 3.36. The minimum absolute atomic E-state index is 0.00930. The third-order valence-corrected chi connectivity index (χ3v) is 6.97. The van der Waals surface area contributed by atoms with E-state index in [0.29, 0.717) is 22.2 Å². The molecule has 0 aromatic heterocycles. The third kappa shape index (κ3) is 6.82. The Bertz CT molecular complexity index is 1120. The van der Waals surface area contributed by atoms with Crippen molar-refractivity contribution in [1.82, 2.24) is 10.2 Å². The molecule has 2 aromatic carbocycles. The van der Waals surface area contributed by atoms with Crippen molar-refractivity contribution in [2.75, 3.05) is 18.7 Å². The molecule has 0 spiro atoms. The zero-order chi connectivity index (χ0) is 25.7. The van der Waals surface area contributed by atoms with Gasteiger partial charge >= 0.3 is 11.9 Å². The highest BCUT2D eigenvalue weighted by atomic mass is 35.5. The van der Waals surface area contributed by atoms with Gasteiger partial charge in [0.15, 0.2) is 5.75 Å². The maximum absolute atomic E-state index is 12.8. The van der Waals surface area contributed by atoms with Gasteiger partial charge in [-0.15, -0.1) is 11.8 Å². The summed E-state index contributed by atoms with van der Waals surface area (Å²) < 4.78 is 10.1. The van der Waals surface area contributed by atoms with Crippen LogP contribution < -0.4 is 10.1 Å². The Morgan fingerprint density at radius 3 is 2.31 bits per heavy atom. The van der Waals surface area contributed by atoms with Gasteiger partial charge in [0, 0.05) is 24.1 Å². The van der Waals surface area contributed by atoms with E-state index in [1.165, 1.54) is 55.0 Å². The van der Waals surface area contributed by atoms with Crippen LogP contribution in [0.4, 0.5) is 0 Å². The van der Waals surface area contributed by atoms with Crippen molar-refractivity contribution in [1.29, 1.82) is 0 Å². The van der Waals surface area contributed by atoms with Crippen molar-refractivity contribution < 1.29 is 28.7 Å². The Labute approximate surface area is 221 Å². The Balaban J connectivity index is 1.69. The maximum atomic E-state index is 12.8. The molecular weight excluding hydrogens is 539 g/mol. The molecule has 186 valence electrons. The van der Waals surface area contributed by atoms with Crippen LogP contribution in [0.15, 0.2) is 36.4 Å². The zero-order valence-electron chi connectivity index (χ0n) is 18.7. The van der Waals surface area contributed by atoms with Crippen LogP contribution in [-0.4, -0.2) is 59.5 Å². The number of nitrogens with one attached hydrogen (secondary N) is 1. The van der Waals surface area contributed by atoms with Gasteiger partial charge in [-0.3, -0.25) is 9.59 Å². The number of hydrogen-bond donors (Lipinski definition) is 1. The van der Waals surface area contributed by atoms with E-state index in [0.717, 1.165) is 0 Å². The van der Waals surface area contributed by atoms with Gasteiger partial charge in [0.2, 0.25) is 11.8 Å². The van der Waals surface area contributed by atoms with E-state index >= 15 is 0 Å². The van der Waals surface area contributed by atoms with E-state index in [4.69, 9.17) is 44.3 Å². The zero-order valence-corrected chi connectivity index (χ0v) is 21.8. The van der Waals surface area contributed by atoms with Crippen molar-refractivity contribution in [3.63, 3.8) is 0 Å². The molecule has 0 radical (unpaired) electrons. The predicted molar refractivity (Wildman–Crippen MR) is 134 cm³/mol. The summed E-state index contributed by atoms with van der Waals surface area (Å²) >= 11 is 19.4. The number of nitrogens with zero attached hydrogens (tertiary/aromatic N) is 1. The first-order valence-corrected chi connectivity index (χ1v) is 12.6. The molecule has 1 aliphatic heterocycles. The van der Waals surface area contributed by atoms with E-state index in [1.807, 2.05) is 0 Å². The molecule has 0 bridgehead atoms. The molecule has 1 N–H and O–H groups in total. The quantitative estimate of drug-likeness (QED) is 0.404. The summed E-state index contributed by atoms with van der Waals surface area (Å²) in [6.07, 6.45) is 0.114. The molecule has 1 aliphatic rings. The van der Waals surface area contributed by atoms with E-state index in [1.54, 1.807) is 12.1 Å². The standard InChI is InChI=1S/C23H21Cl3N2O6S/c1-12(29)28-11-35-10-19(28)21(30)27-18(23(32)33-2)7-13-3-5-14(6-4-13)22(31)34-20-16(25)8-15(24)9-17(20)26/h3-6,8-9,18-19H,7,10-11H2,1-2H3,(H,27,30)/t18-,19?/m0/s1. The van der Waals surface area contributed by atoms with Gasteiger partial charge in [0.05, 0.1) is 28.6 Å². The van der Waals surface area contributed by atoms with Crippen LogP contribution in [0.5, 0.6) is 5.75 Å². The average molecular weight is 560 g/mol. The van der Waals surface area contributed by atoms with Crippen molar-refractivity contribution >= 4 is 70.3 Å². The fraction of sp³-hybridized carbons (Fsp3) is 0.304. The summed E-state index contributed by atoms with van der Waals surface area (Å²) in [7, 11) is 1.22. The Morgan fingerprint density at radius 2 is 1.74 bits per heavy atom. The molecule has 8 nitrogen and oxygen atoms in total. The van der Waals surface area contributed by atoms with Gasteiger partial charge in [-0.05, 0) is 29.8 Å². The Morgan fingerprint density at radius 1 is 1.11 bits per heavy atom. The molecule has 12 heteroatoms. The highest BCUT2D eigenvalue weighted by Gasteiger charge is 2.35. The van der Waals surface area contributed by atoms with E-state index in [9.17, 15) is 19.2 Å². The number of halogens is 3. The molecule has 2 atom stereocenters. The first-order chi connectivity index (χ1) is 16.6. The van der Waals surface area contributed by atoms with E-state index < -0.39 is 29.9 Å². The molecule has 1 fully saturated rings. The Hall–Kier alpha value is -2.46. The van der Waals surface area contributed by atoms with Crippen LogP contribution in [0.1, 0.15) is 22.8 Å². The molecule has 35 heavy (non-hydrogen) atoms. The number of ether oxygens (including phenoxy) is 2. The molecule has 1 unspecified atom stereocenters. The second-order valence-corrected chi connectivity index (χ2v) is 9.83. The van der Waals surface area contributed by atoms with Crippen LogP contribution in [-0.2, 0) is 25.5 Å². The molecule has 2 aromatic rings.